The number of methoxy groups -OCH3 is 1. The molecule has 0 spiro atoms. The highest BCUT2D eigenvalue weighted by molar-refractivity contribution is 8.26. The molecule has 0 unspecified atom stereocenters. The summed E-state index contributed by atoms with van der Waals surface area (Å²) in [6.45, 7) is 0.324. The van der Waals surface area contributed by atoms with E-state index in [0.29, 0.717) is 33.6 Å². The first-order chi connectivity index (χ1) is 15.4. The molecule has 0 bridgehead atoms. The van der Waals surface area contributed by atoms with Crippen molar-refractivity contribution >= 4 is 57.6 Å². The number of hydrogen-bond donors (Lipinski definition) is 2. The molecular formula is C21H20N4O5S2. The highest BCUT2D eigenvalue weighted by atomic mass is 32.2. The molecule has 0 aromatic heterocycles. The summed E-state index contributed by atoms with van der Waals surface area (Å²) in [5.41, 5.74) is 6.54. The summed E-state index contributed by atoms with van der Waals surface area (Å²) < 4.78 is 5.65. The summed E-state index contributed by atoms with van der Waals surface area (Å²) in [5.74, 6) is 0.232. The number of nitrogens with zero attached hydrogens (tertiary/aromatic N) is 2. The van der Waals surface area contributed by atoms with Gasteiger partial charge in [0.2, 0.25) is 5.91 Å². The molecule has 1 fully saturated rings. The van der Waals surface area contributed by atoms with Crippen LogP contribution >= 0.6 is 24.0 Å². The molecular weight excluding hydrogens is 452 g/mol. The van der Waals surface area contributed by atoms with Crippen molar-refractivity contribution in [2.75, 3.05) is 19.1 Å². The Balaban J connectivity index is 1.47. The normalized spacial score (nSPS) is 14.5. The largest absolute Gasteiger partial charge is 0.497 e. The minimum atomic E-state index is -0.498. The molecule has 11 heteroatoms. The predicted molar refractivity (Wildman–Crippen MR) is 127 cm³/mol. The van der Waals surface area contributed by atoms with Crippen LogP contribution < -0.4 is 15.6 Å². The van der Waals surface area contributed by atoms with Gasteiger partial charge in [-0.15, -0.1) is 0 Å². The zero-order valence-corrected chi connectivity index (χ0v) is 18.7. The Morgan fingerprint density at radius 1 is 1.28 bits per heavy atom. The number of non-ortho nitro benzene ring substituents is 1. The molecule has 1 aliphatic heterocycles. The fraction of sp³-hybridized carbons (Fsp3) is 0.190. The standard InChI is InChI=1S/C21H20N4O5S2/c1-30-17-5-2-4-14(12-17)13-18-20(27)24(21(31)32-18)11-3-6-19(26)23-22-15-7-9-16(10-8-15)25(28)29/h2,4-5,7-10,12-13,22H,3,6,11H2,1H3,(H,23,26). The van der Waals surface area contributed by atoms with Crippen LogP contribution in [0, 0.1) is 10.1 Å². The van der Waals surface area contributed by atoms with E-state index in [1.165, 1.54) is 40.9 Å². The Morgan fingerprint density at radius 3 is 2.72 bits per heavy atom. The third-order valence-corrected chi connectivity index (χ3v) is 5.85. The molecule has 2 N–H and O–H groups in total. The quantitative estimate of drug-likeness (QED) is 0.246. The van der Waals surface area contributed by atoms with Crippen LogP contribution in [0.25, 0.3) is 6.08 Å². The van der Waals surface area contributed by atoms with Crippen molar-refractivity contribution < 1.29 is 19.2 Å². The summed E-state index contributed by atoms with van der Waals surface area (Å²) in [7, 11) is 1.58. The zero-order valence-electron chi connectivity index (χ0n) is 17.1. The fourth-order valence-electron chi connectivity index (χ4n) is 2.84. The second-order valence-electron chi connectivity index (χ2n) is 6.69. The van der Waals surface area contributed by atoms with Crippen molar-refractivity contribution in [3.05, 3.63) is 69.1 Å². The molecule has 1 heterocycles. The Kier molecular flexibility index (Phi) is 7.79. The van der Waals surface area contributed by atoms with Crippen LogP contribution in [0.5, 0.6) is 5.75 Å². The molecule has 0 aliphatic carbocycles. The molecule has 9 nitrogen and oxygen atoms in total. The minimum Gasteiger partial charge on any atom is -0.497 e. The number of nitro groups is 1. The Hall–Kier alpha value is -3.44. The van der Waals surface area contributed by atoms with Crippen LogP contribution in [-0.2, 0) is 9.59 Å². The Bertz CT molecular complexity index is 1070. The maximum absolute atomic E-state index is 12.7. The summed E-state index contributed by atoms with van der Waals surface area (Å²) in [6, 6.07) is 13.0. The van der Waals surface area contributed by atoms with E-state index in [4.69, 9.17) is 17.0 Å². The Morgan fingerprint density at radius 2 is 2.03 bits per heavy atom. The first-order valence-corrected chi connectivity index (χ1v) is 10.8. The Labute approximate surface area is 193 Å². The second-order valence-corrected chi connectivity index (χ2v) is 8.37. The van der Waals surface area contributed by atoms with Gasteiger partial charge in [-0.05, 0) is 42.3 Å². The van der Waals surface area contributed by atoms with E-state index in [-0.39, 0.29) is 23.9 Å². The number of hydrogen-bond acceptors (Lipinski definition) is 8. The summed E-state index contributed by atoms with van der Waals surface area (Å²) >= 11 is 6.55. The number of amides is 2. The van der Waals surface area contributed by atoms with E-state index in [1.807, 2.05) is 24.3 Å². The van der Waals surface area contributed by atoms with Crippen molar-refractivity contribution in [1.82, 2.24) is 10.3 Å². The van der Waals surface area contributed by atoms with Crippen LogP contribution in [0.2, 0.25) is 0 Å². The van der Waals surface area contributed by atoms with Gasteiger partial charge in [0, 0.05) is 25.1 Å². The number of thiocarbonyl (C=S) groups is 1. The number of thioether (sulfide) groups is 1. The van der Waals surface area contributed by atoms with Gasteiger partial charge in [0.1, 0.15) is 10.1 Å². The molecule has 0 radical (unpaired) electrons. The number of carbonyl (C=O) groups is 2. The summed E-state index contributed by atoms with van der Waals surface area (Å²) in [6.07, 6.45) is 2.36. The lowest BCUT2D eigenvalue weighted by atomic mass is 10.2. The van der Waals surface area contributed by atoms with Gasteiger partial charge in [-0.25, -0.2) is 0 Å². The van der Waals surface area contributed by atoms with E-state index in [9.17, 15) is 19.7 Å². The molecule has 0 atom stereocenters. The molecule has 32 heavy (non-hydrogen) atoms. The van der Waals surface area contributed by atoms with Crippen LogP contribution in [0.1, 0.15) is 18.4 Å². The number of hydrazine groups is 1. The number of nitrogens with one attached hydrogen (secondary N) is 2. The highest BCUT2D eigenvalue weighted by Gasteiger charge is 2.31. The molecule has 166 valence electrons. The highest BCUT2D eigenvalue weighted by Crippen LogP contribution is 2.33. The van der Waals surface area contributed by atoms with Crippen molar-refractivity contribution in [1.29, 1.82) is 0 Å². The van der Waals surface area contributed by atoms with Crippen LogP contribution in [0.4, 0.5) is 11.4 Å². The number of ether oxygens (including phenoxy) is 1. The molecule has 2 aromatic rings. The van der Waals surface area contributed by atoms with Gasteiger partial charge in [0.05, 0.1) is 22.6 Å². The van der Waals surface area contributed by atoms with Gasteiger partial charge < -0.3 is 4.74 Å². The molecule has 2 amide bonds. The van der Waals surface area contributed by atoms with Crippen molar-refractivity contribution in [2.45, 2.75) is 12.8 Å². The number of anilines is 1. The monoisotopic (exact) mass is 472 g/mol. The molecule has 3 rings (SSSR count). The fourth-order valence-corrected chi connectivity index (χ4v) is 4.15. The smallest absolute Gasteiger partial charge is 0.269 e. The number of rotatable bonds is 9. The zero-order chi connectivity index (χ0) is 23.1. The average molecular weight is 473 g/mol. The van der Waals surface area contributed by atoms with E-state index in [0.717, 1.165) is 5.56 Å². The average Bonchev–Trinajstić information content (AvgIpc) is 3.05. The predicted octanol–water partition coefficient (Wildman–Crippen LogP) is 3.73. The maximum atomic E-state index is 12.7. The third kappa shape index (κ3) is 6.05. The lowest BCUT2D eigenvalue weighted by Gasteiger charge is -2.14. The van der Waals surface area contributed by atoms with Crippen molar-refractivity contribution in [2.24, 2.45) is 0 Å². The van der Waals surface area contributed by atoms with Gasteiger partial charge in [-0.3, -0.25) is 35.5 Å². The van der Waals surface area contributed by atoms with Crippen molar-refractivity contribution in [3.8, 4) is 5.75 Å². The minimum absolute atomic E-state index is 0.0363. The molecule has 2 aromatic carbocycles. The number of nitro benzene ring substituents is 1. The van der Waals surface area contributed by atoms with E-state index in [1.54, 1.807) is 13.2 Å². The third-order valence-electron chi connectivity index (χ3n) is 4.48. The molecule has 0 saturated carbocycles. The van der Waals surface area contributed by atoms with Crippen LogP contribution in [0.15, 0.2) is 53.4 Å². The van der Waals surface area contributed by atoms with Gasteiger partial charge in [0.25, 0.3) is 11.6 Å². The van der Waals surface area contributed by atoms with Gasteiger partial charge >= 0.3 is 0 Å². The van der Waals surface area contributed by atoms with Gasteiger partial charge in [0.15, 0.2) is 0 Å². The van der Waals surface area contributed by atoms with Gasteiger partial charge in [-0.2, -0.15) is 0 Å². The van der Waals surface area contributed by atoms with Crippen LogP contribution in [-0.4, -0.2) is 39.6 Å². The van der Waals surface area contributed by atoms with Gasteiger partial charge in [-0.1, -0.05) is 36.1 Å². The van der Waals surface area contributed by atoms with Crippen molar-refractivity contribution in [3.63, 3.8) is 0 Å². The topological polar surface area (TPSA) is 114 Å². The summed E-state index contributed by atoms with van der Waals surface area (Å²) in [4.78, 5) is 36.9. The van der Waals surface area contributed by atoms with E-state index in [2.05, 4.69) is 10.9 Å². The second kappa shape index (κ2) is 10.7. The lowest BCUT2D eigenvalue weighted by Crippen LogP contribution is -2.32. The molecule has 1 saturated heterocycles. The lowest BCUT2D eigenvalue weighted by molar-refractivity contribution is -0.384. The first kappa shape index (κ1) is 23.2. The maximum Gasteiger partial charge on any atom is 0.269 e. The van der Waals surface area contributed by atoms with E-state index >= 15 is 0 Å². The number of carbonyl (C=O) groups excluding carboxylic acids is 2. The molecule has 1 aliphatic rings. The van der Waals surface area contributed by atoms with E-state index < -0.39 is 4.92 Å². The first-order valence-electron chi connectivity index (χ1n) is 9.56. The summed E-state index contributed by atoms with van der Waals surface area (Å²) in [5, 5.41) is 10.7. The van der Waals surface area contributed by atoms with Crippen LogP contribution in [0.3, 0.4) is 0 Å². The SMILES string of the molecule is COc1cccc(C=C2SC(=S)N(CCCC(=O)NNc3ccc([N+](=O)[O-])cc3)C2=O)c1. The number of benzene rings is 2.